The number of carbonyl (C=O) groups is 2. The number of anilines is 1. The van der Waals surface area contributed by atoms with E-state index in [1.807, 2.05) is 58.0 Å². The lowest BCUT2D eigenvalue weighted by atomic mass is 10.1. The van der Waals surface area contributed by atoms with Crippen LogP contribution in [0.3, 0.4) is 0 Å². The summed E-state index contributed by atoms with van der Waals surface area (Å²) in [7, 11) is -4.09. The molecule has 2 unspecified atom stereocenters. The molecular weight excluding hydrogens is 578 g/mol. The van der Waals surface area contributed by atoms with E-state index in [0.29, 0.717) is 12.1 Å². The topological polar surface area (TPSA) is 86.8 Å². The summed E-state index contributed by atoms with van der Waals surface area (Å²) in [4.78, 5) is 28.9. The first-order valence-electron chi connectivity index (χ1n) is 13.1. The van der Waals surface area contributed by atoms with Gasteiger partial charge in [-0.05, 0) is 68.7 Å². The summed E-state index contributed by atoms with van der Waals surface area (Å²) in [6, 6.07) is 21.9. The molecule has 0 bridgehead atoms. The van der Waals surface area contributed by atoms with Crippen LogP contribution in [0.25, 0.3) is 0 Å². The Morgan fingerprint density at radius 1 is 0.897 bits per heavy atom. The average molecular weight is 615 g/mol. The van der Waals surface area contributed by atoms with Gasteiger partial charge < -0.3 is 10.2 Å². The molecule has 0 aliphatic heterocycles. The largest absolute Gasteiger partial charge is 0.352 e. The number of nitrogens with one attached hydrogen (secondary N) is 1. The molecule has 3 aromatic carbocycles. The van der Waals surface area contributed by atoms with Gasteiger partial charge in [0.15, 0.2) is 0 Å². The van der Waals surface area contributed by atoms with Gasteiger partial charge in [-0.3, -0.25) is 13.9 Å². The smallest absolute Gasteiger partial charge is 0.264 e. The fourth-order valence-corrected chi connectivity index (χ4v) is 5.79. The second-order valence-electron chi connectivity index (χ2n) is 9.55. The maximum Gasteiger partial charge on any atom is 0.264 e. The van der Waals surface area contributed by atoms with Crippen molar-refractivity contribution in [3.63, 3.8) is 0 Å². The summed E-state index contributed by atoms with van der Waals surface area (Å²) in [6.07, 6.45) is 1.13. The lowest BCUT2D eigenvalue weighted by molar-refractivity contribution is -0.140. The predicted molar refractivity (Wildman–Crippen MR) is 159 cm³/mol. The number of halogens is 1. The second-order valence-corrected chi connectivity index (χ2v) is 12.3. The number of carbonyl (C=O) groups excluding carboxylic acids is 2. The van der Waals surface area contributed by atoms with Crippen molar-refractivity contribution in [2.24, 2.45) is 0 Å². The number of nitrogens with zero attached hydrogens (tertiary/aromatic N) is 2. The number of amides is 2. The Morgan fingerprint density at radius 2 is 1.51 bits per heavy atom. The Labute approximate surface area is 240 Å². The molecule has 0 fully saturated rings. The van der Waals surface area contributed by atoms with Gasteiger partial charge >= 0.3 is 0 Å². The molecular formula is C30H36BrN3O4S. The maximum atomic E-state index is 14.0. The van der Waals surface area contributed by atoms with Crippen LogP contribution >= 0.6 is 15.9 Å². The highest BCUT2D eigenvalue weighted by atomic mass is 79.9. The van der Waals surface area contributed by atoms with Crippen molar-refractivity contribution < 1.29 is 18.0 Å². The molecule has 0 aliphatic rings. The Balaban J connectivity index is 2.04. The van der Waals surface area contributed by atoms with Crippen molar-refractivity contribution in [2.45, 2.75) is 64.1 Å². The highest BCUT2D eigenvalue weighted by molar-refractivity contribution is 9.10. The van der Waals surface area contributed by atoms with Gasteiger partial charge in [0, 0.05) is 17.1 Å². The minimum absolute atomic E-state index is 0.0543. The van der Waals surface area contributed by atoms with Crippen LogP contribution in [-0.4, -0.2) is 43.8 Å². The molecule has 0 saturated carbocycles. The van der Waals surface area contributed by atoms with Crippen molar-refractivity contribution in [1.29, 1.82) is 0 Å². The number of rotatable bonds is 12. The lowest BCUT2D eigenvalue weighted by Crippen LogP contribution is -2.53. The SMILES string of the molecule is CCC(C)NC(=O)C(CC)N(Cc1ccccc1)C(=O)CN(c1ccc(Br)cc1)S(=O)(=O)c1ccc(C)cc1. The number of hydrogen-bond acceptors (Lipinski definition) is 4. The van der Waals surface area contributed by atoms with Gasteiger partial charge in [0.1, 0.15) is 12.6 Å². The average Bonchev–Trinajstić information content (AvgIpc) is 2.92. The van der Waals surface area contributed by atoms with Crippen molar-refractivity contribution in [2.75, 3.05) is 10.8 Å². The molecule has 0 heterocycles. The molecule has 9 heteroatoms. The van der Waals surface area contributed by atoms with Crippen LogP contribution in [0, 0.1) is 6.92 Å². The first-order valence-corrected chi connectivity index (χ1v) is 15.3. The highest BCUT2D eigenvalue weighted by Crippen LogP contribution is 2.26. The van der Waals surface area contributed by atoms with E-state index in [1.54, 1.807) is 36.4 Å². The van der Waals surface area contributed by atoms with Gasteiger partial charge in [0.2, 0.25) is 11.8 Å². The summed E-state index contributed by atoms with van der Waals surface area (Å²) in [5, 5.41) is 2.98. The van der Waals surface area contributed by atoms with Crippen LogP contribution in [0.2, 0.25) is 0 Å². The first-order chi connectivity index (χ1) is 18.6. The molecule has 0 aromatic heterocycles. The van der Waals surface area contributed by atoms with E-state index in [9.17, 15) is 18.0 Å². The Hall–Kier alpha value is -3.17. The summed E-state index contributed by atoms with van der Waals surface area (Å²) in [6.45, 7) is 7.33. The zero-order valence-corrected chi connectivity index (χ0v) is 25.2. The molecule has 2 atom stereocenters. The first kappa shape index (κ1) is 30.4. The summed E-state index contributed by atoms with van der Waals surface area (Å²) < 4.78 is 29.6. The van der Waals surface area contributed by atoms with Crippen molar-refractivity contribution in [3.8, 4) is 0 Å². The van der Waals surface area contributed by atoms with Crippen molar-refractivity contribution in [1.82, 2.24) is 10.2 Å². The quantitative estimate of drug-likeness (QED) is 0.285. The van der Waals surface area contributed by atoms with Crippen LogP contribution in [0.5, 0.6) is 0 Å². The highest BCUT2D eigenvalue weighted by Gasteiger charge is 2.33. The Bertz CT molecular complexity index is 1350. The van der Waals surface area contributed by atoms with E-state index >= 15 is 0 Å². The minimum Gasteiger partial charge on any atom is -0.352 e. The van der Waals surface area contributed by atoms with E-state index in [-0.39, 0.29) is 23.4 Å². The molecule has 208 valence electrons. The van der Waals surface area contributed by atoms with Crippen LogP contribution in [0.15, 0.2) is 88.2 Å². The Kier molecular flexibility index (Phi) is 10.7. The fraction of sp³-hybridized carbons (Fsp3) is 0.333. The van der Waals surface area contributed by atoms with Crippen LogP contribution in [-0.2, 0) is 26.2 Å². The summed E-state index contributed by atoms with van der Waals surface area (Å²) in [5.74, 6) is -0.726. The molecule has 0 aliphatic carbocycles. The fourth-order valence-electron chi connectivity index (χ4n) is 4.11. The van der Waals surface area contributed by atoms with Crippen molar-refractivity contribution in [3.05, 3.63) is 94.5 Å². The molecule has 7 nitrogen and oxygen atoms in total. The normalized spacial score (nSPS) is 12.8. The summed E-state index contributed by atoms with van der Waals surface area (Å²) >= 11 is 3.39. The third kappa shape index (κ3) is 7.92. The van der Waals surface area contributed by atoms with Crippen molar-refractivity contribution >= 4 is 43.5 Å². The van der Waals surface area contributed by atoms with Gasteiger partial charge in [-0.15, -0.1) is 0 Å². The molecule has 1 N–H and O–H groups in total. The standard InChI is InChI=1S/C30H36BrN3O4S/c1-5-23(4)32-30(36)28(6-2)33(20-24-10-8-7-9-11-24)29(35)21-34(26-16-14-25(31)15-17-26)39(37,38)27-18-12-22(3)13-19-27/h7-19,23,28H,5-6,20-21H2,1-4H3,(H,32,36). The monoisotopic (exact) mass is 613 g/mol. The summed E-state index contributed by atoms with van der Waals surface area (Å²) in [5.41, 5.74) is 2.12. The molecule has 3 aromatic rings. The Morgan fingerprint density at radius 3 is 2.08 bits per heavy atom. The van der Waals surface area contributed by atoms with Gasteiger partial charge in [-0.1, -0.05) is 77.8 Å². The van der Waals surface area contributed by atoms with E-state index in [2.05, 4.69) is 21.2 Å². The van der Waals surface area contributed by atoms with Crippen LogP contribution in [0.1, 0.15) is 44.7 Å². The van der Waals surface area contributed by atoms with Gasteiger partial charge in [-0.25, -0.2) is 8.42 Å². The molecule has 0 spiro atoms. The van der Waals surface area contributed by atoms with E-state index in [1.165, 1.54) is 17.0 Å². The lowest BCUT2D eigenvalue weighted by Gasteiger charge is -2.33. The number of aryl methyl sites for hydroxylation is 1. The zero-order valence-electron chi connectivity index (χ0n) is 22.8. The van der Waals surface area contributed by atoms with Crippen LogP contribution < -0.4 is 9.62 Å². The van der Waals surface area contributed by atoms with E-state index in [0.717, 1.165) is 26.3 Å². The number of benzene rings is 3. The zero-order chi connectivity index (χ0) is 28.6. The molecule has 0 radical (unpaired) electrons. The van der Waals surface area contributed by atoms with Gasteiger partial charge in [0.25, 0.3) is 10.0 Å². The number of sulfonamides is 1. The van der Waals surface area contributed by atoms with E-state index < -0.39 is 28.5 Å². The number of hydrogen-bond donors (Lipinski definition) is 1. The van der Waals surface area contributed by atoms with Crippen LogP contribution in [0.4, 0.5) is 5.69 Å². The second kappa shape index (κ2) is 13.8. The predicted octanol–water partition coefficient (Wildman–Crippen LogP) is 5.67. The molecule has 2 amide bonds. The minimum atomic E-state index is -4.09. The van der Waals surface area contributed by atoms with E-state index in [4.69, 9.17) is 0 Å². The maximum absolute atomic E-state index is 14.0. The molecule has 3 rings (SSSR count). The third-order valence-corrected chi connectivity index (χ3v) is 8.90. The van der Waals surface area contributed by atoms with Gasteiger partial charge in [-0.2, -0.15) is 0 Å². The van der Waals surface area contributed by atoms with Gasteiger partial charge in [0.05, 0.1) is 10.6 Å². The third-order valence-electron chi connectivity index (χ3n) is 6.59. The molecule has 0 saturated heterocycles. The molecule has 39 heavy (non-hydrogen) atoms.